The minimum absolute atomic E-state index is 0.267. The van der Waals surface area contributed by atoms with Crippen molar-refractivity contribution < 1.29 is 14.7 Å². The average molecular weight is 316 g/mol. The maximum Gasteiger partial charge on any atom is 0.325 e. The molecule has 1 fully saturated rings. The molecule has 0 spiro atoms. The Morgan fingerprint density at radius 1 is 1.30 bits per heavy atom. The lowest BCUT2D eigenvalue weighted by atomic mass is 9.63. The molecule has 6 heteroatoms. The Labute approximate surface area is 127 Å². The molecule has 1 aromatic rings. The van der Waals surface area contributed by atoms with E-state index in [4.69, 9.17) is 28.3 Å². The summed E-state index contributed by atoms with van der Waals surface area (Å²) in [6, 6.07) is 4.21. The van der Waals surface area contributed by atoms with Crippen LogP contribution in [-0.4, -0.2) is 23.0 Å². The lowest BCUT2D eigenvalue weighted by molar-refractivity contribution is -0.143. The third-order valence-corrected chi connectivity index (χ3v) is 4.57. The van der Waals surface area contributed by atoms with Crippen LogP contribution in [0.4, 0.5) is 0 Å². The molecule has 108 valence electrons. The summed E-state index contributed by atoms with van der Waals surface area (Å²) in [4.78, 5) is 23.3. The maximum atomic E-state index is 12.4. The molecule has 4 nitrogen and oxygen atoms in total. The summed E-state index contributed by atoms with van der Waals surface area (Å²) in [6.45, 7) is 1.45. The zero-order chi connectivity index (χ0) is 14.9. The number of nitrogens with one attached hydrogen (secondary N) is 1. The van der Waals surface area contributed by atoms with Crippen LogP contribution in [0.5, 0.6) is 0 Å². The molecule has 0 aliphatic heterocycles. The molecule has 0 aromatic heterocycles. The van der Waals surface area contributed by atoms with Gasteiger partial charge in [0.15, 0.2) is 0 Å². The van der Waals surface area contributed by atoms with Crippen molar-refractivity contribution in [1.82, 2.24) is 5.32 Å². The first-order valence-electron chi connectivity index (χ1n) is 6.36. The highest BCUT2D eigenvalue weighted by Gasteiger charge is 2.46. The first kappa shape index (κ1) is 15.1. The largest absolute Gasteiger partial charge is 0.480 e. The van der Waals surface area contributed by atoms with Crippen molar-refractivity contribution in [3.8, 4) is 0 Å². The number of carboxylic acid groups (broad SMARTS) is 1. The van der Waals surface area contributed by atoms with Gasteiger partial charge in [0.05, 0.1) is 15.5 Å². The first-order valence-corrected chi connectivity index (χ1v) is 7.12. The number of carbonyl (C=O) groups excluding carboxylic acids is 1. The Balaban J connectivity index is 2.27. The minimum atomic E-state index is -1.05. The Morgan fingerprint density at radius 2 is 1.95 bits per heavy atom. The molecule has 1 aromatic carbocycles. The molecule has 0 bridgehead atoms. The van der Waals surface area contributed by atoms with Gasteiger partial charge in [-0.2, -0.15) is 0 Å². The van der Waals surface area contributed by atoms with Crippen LogP contribution in [0.3, 0.4) is 0 Å². The SMILES string of the molecule is C[C@@H](NC(=O)C1(c2ccc(Cl)c(Cl)c2)CCC1)C(=O)O. The number of hydrogen-bond donors (Lipinski definition) is 2. The highest BCUT2D eigenvalue weighted by molar-refractivity contribution is 6.42. The molecular formula is C14H15Cl2NO3. The summed E-state index contributed by atoms with van der Waals surface area (Å²) < 4.78 is 0. The summed E-state index contributed by atoms with van der Waals surface area (Å²) in [5, 5.41) is 12.3. The summed E-state index contributed by atoms with van der Waals surface area (Å²) in [5.41, 5.74) is 0.103. The normalized spacial score (nSPS) is 17.9. The van der Waals surface area contributed by atoms with E-state index in [9.17, 15) is 9.59 Å². The Hall–Kier alpha value is -1.26. The van der Waals surface area contributed by atoms with E-state index in [-0.39, 0.29) is 5.91 Å². The predicted octanol–water partition coefficient (Wildman–Crippen LogP) is 3.00. The number of hydrogen-bond acceptors (Lipinski definition) is 2. The van der Waals surface area contributed by atoms with E-state index in [0.29, 0.717) is 22.9 Å². The van der Waals surface area contributed by atoms with E-state index in [0.717, 1.165) is 12.0 Å². The van der Waals surface area contributed by atoms with Gasteiger partial charge in [-0.25, -0.2) is 0 Å². The summed E-state index contributed by atoms with van der Waals surface area (Å²) >= 11 is 11.9. The average Bonchev–Trinajstić information content (AvgIpc) is 2.32. The van der Waals surface area contributed by atoms with Gasteiger partial charge < -0.3 is 10.4 Å². The van der Waals surface area contributed by atoms with Crippen LogP contribution in [0.1, 0.15) is 31.7 Å². The standard InChI is InChI=1S/C14H15Cl2NO3/c1-8(12(18)19)17-13(20)14(5-2-6-14)9-3-4-10(15)11(16)7-9/h3-4,7-8H,2,5-6H2,1H3,(H,17,20)(H,18,19)/t8-/m1/s1. The van der Waals surface area contributed by atoms with Crippen LogP contribution < -0.4 is 5.32 Å². The van der Waals surface area contributed by atoms with Gasteiger partial charge in [-0.1, -0.05) is 35.7 Å². The van der Waals surface area contributed by atoms with Gasteiger partial charge >= 0.3 is 5.97 Å². The van der Waals surface area contributed by atoms with Crippen molar-refractivity contribution >= 4 is 35.1 Å². The summed E-state index contributed by atoms with van der Waals surface area (Å²) in [7, 11) is 0. The third-order valence-electron chi connectivity index (χ3n) is 3.83. The Morgan fingerprint density at radius 3 is 2.40 bits per heavy atom. The molecule has 0 heterocycles. The molecule has 0 saturated heterocycles. The predicted molar refractivity (Wildman–Crippen MR) is 77.2 cm³/mol. The van der Waals surface area contributed by atoms with E-state index in [1.165, 1.54) is 6.92 Å². The fourth-order valence-electron chi connectivity index (χ4n) is 2.37. The van der Waals surface area contributed by atoms with Crippen LogP contribution in [0.2, 0.25) is 10.0 Å². The van der Waals surface area contributed by atoms with Gasteiger partial charge in [-0.15, -0.1) is 0 Å². The topological polar surface area (TPSA) is 66.4 Å². The van der Waals surface area contributed by atoms with E-state index in [2.05, 4.69) is 5.32 Å². The van der Waals surface area contributed by atoms with E-state index < -0.39 is 17.4 Å². The van der Waals surface area contributed by atoms with Gasteiger partial charge in [-0.05, 0) is 37.5 Å². The molecule has 1 amide bonds. The molecule has 2 rings (SSSR count). The molecular weight excluding hydrogens is 301 g/mol. The minimum Gasteiger partial charge on any atom is -0.480 e. The quantitative estimate of drug-likeness (QED) is 0.897. The zero-order valence-corrected chi connectivity index (χ0v) is 12.5. The summed E-state index contributed by atoms with van der Waals surface area (Å²) in [5.74, 6) is -1.32. The maximum absolute atomic E-state index is 12.4. The molecule has 1 aliphatic carbocycles. The number of halogens is 2. The van der Waals surface area contributed by atoms with Crippen LogP contribution in [-0.2, 0) is 15.0 Å². The number of aliphatic carboxylic acids is 1. The highest BCUT2D eigenvalue weighted by atomic mass is 35.5. The molecule has 0 radical (unpaired) electrons. The van der Waals surface area contributed by atoms with Gasteiger partial charge in [0.2, 0.25) is 5.91 Å². The summed E-state index contributed by atoms with van der Waals surface area (Å²) in [6.07, 6.45) is 2.29. The van der Waals surface area contributed by atoms with Crippen molar-refractivity contribution in [2.45, 2.75) is 37.6 Å². The third kappa shape index (κ3) is 2.63. The van der Waals surface area contributed by atoms with Crippen LogP contribution in [0.15, 0.2) is 18.2 Å². The van der Waals surface area contributed by atoms with E-state index in [1.54, 1.807) is 18.2 Å². The van der Waals surface area contributed by atoms with E-state index >= 15 is 0 Å². The number of amides is 1. The van der Waals surface area contributed by atoms with Crippen LogP contribution in [0, 0.1) is 0 Å². The van der Waals surface area contributed by atoms with Crippen molar-refractivity contribution in [1.29, 1.82) is 0 Å². The number of rotatable bonds is 4. The van der Waals surface area contributed by atoms with Crippen molar-refractivity contribution in [2.24, 2.45) is 0 Å². The number of benzene rings is 1. The van der Waals surface area contributed by atoms with Gasteiger partial charge in [-0.3, -0.25) is 9.59 Å². The molecule has 20 heavy (non-hydrogen) atoms. The molecule has 0 unspecified atom stereocenters. The smallest absolute Gasteiger partial charge is 0.325 e. The highest BCUT2D eigenvalue weighted by Crippen LogP contribution is 2.45. The van der Waals surface area contributed by atoms with Crippen LogP contribution >= 0.6 is 23.2 Å². The molecule has 2 N–H and O–H groups in total. The van der Waals surface area contributed by atoms with Gasteiger partial charge in [0, 0.05) is 0 Å². The van der Waals surface area contributed by atoms with Crippen molar-refractivity contribution in [3.63, 3.8) is 0 Å². The van der Waals surface area contributed by atoms with Gasteiger partial charge in [0.1, 0.15) is 6.04 Å². The van der Waals surface area contributed by atoms with Crippen molar-refractivity contribution in [3.05, 3.63) is 33.8 Å². The Bertz CT molecular complexity index is 555. The lowest BCUT2D eigenvalue weighted by Crippen LogP contribution is -2.53. The zero-order valence-electron chi connectivity index (χ0n) is 11.0. The second-order valence-electron chi connectivity index (χ2n) is 5.10. The second-order valence-corrected chi connectivity index (χ2v) is 5.91. The Kier molecular flexibility index (Phi) is 4.25. The monoisotopic (exact) mass is 315 g/mol. The molecule has 1 aliphatic rings. The number of carboxylic acids is 1. The van der Waals surface area contributed by atoms with E-state index in [1.807, 2.05) is 0 Å². The molecule has 1 atom stereocenters. The molecule has 1 saturated carbocycles. The van der Waals surface area contributed by atoms with Crippen molar-refractivity contribution in [2.75, 3.05) is 0 Å². The fourth-order valence-corrected chi connectivity index (χ4v) is 2.67. The van der Waals surface area contributed by atoms with Gasteiger partial charge in [0.25, 0.3) is 0 Å². The van der Waals surface area contributed by atoms with Crippen LogP contribution in [0.25, 0.3) is 0 Å². The first-order chi connectivity index (χ1) is 9.36. The fraction of sp³-hybridized carbons (Fsp3) is 0.429. The lowest BCUT2D eigenvalue weighted by Gasteiger charge is -2.41. The number of carbonyl (C=O) groups is 2. The second kappa shape index (κ2) is 5.62.